The van der Waals surface area contributed by atoms with Crippen LogP contribution < -0.4 is 11.1 Å². The minimum atomic E-state index is -0.564. The molecule has 0 spiro atoms. The molecule has 0 unspecified atom stereocenters. The van der Waals surface area contributed by atoms with Gasteiger partial charge in [-0.25, -0.2) is 4.98 Å². The third kappa shape index (κ3) is 3.12. The summed E-state index contributed by atoms with van der Waals surface area (Å²) in [6.45, 7) is 2.19. The fraction of sp³-hybridized carbons (Fsp3) is 0.182. The van der Waals surface area contributed by atoms with Crippen molar-refractivity contribution in [2.24, 2.45) is 0 Å². The normalized spacial score (nSPS) is 10.2. The van der Waals surface area contributed by atoms with Crippen LogP contribution in [0.1, 0.15) is 11.4 Å². The number of hydrogen-bond donors (Lipinski definition) is 2. The van der Waals surface area contributed by atoms with Crippen LogP contribution >= 0.6 is 0 Å². The minimum Gasteiger partial charge on any atom is -0.368 e. The highest BCUT2D eigenvalue weighted by molar-refractivity contribution is 5.56. The molecule has 3 N–H and O–H groups in total. The molecule has 2 rings (SSSR count). The molecule has 0 saturated heterocycles. The van der Waals surface area contributed by atoms with Crippen LogP contribution in [0.3, 0.4) is 0 Å². The summed E-state index contributed by atoms with van der Waals surface area (Å²) in [6, 6.07) is 5.55. The van der Waals surface area contributed by atoms with Crippen molar-refractivity contribution in [3.8, 4) is 0 Å². The summed E-state index contributed by atoms with van der Waals surface area (Å²) in [4.78, 5) is 22.0. The topological polar surface area (TPSA) is 120 Å². The molecule has 0 amide bonds. The molecule has 2 aromatic heterocycles. The number of pyridine rings is 1. The van der Waals surface area contributed by atoms with Crippen LogP contribution in [0, 0.1) is 17.0 Å². The highest BCUT2D eigenvalue weighted by Gasteiger charge is 2.16. The maximum atomic E-state index is 10.8. The van der Waals surface area contributed by atoms with Gasteiger partial charge in [0, 0.05) is 5.69 Å². The van der Waals surface area contributed by atoms with E-state index >= 15 is 0 Å². The van der Waals surface area contributed by atoms with Crippen LogP contribution in [0.15, 0.2) is 24.4 Å². The predicted octanol–water partition coefficient (Wildman–Crippen LogP) is 1.28. The average molecular weight is 260 g/mol. The molecule has 0 atom stereocenters. The van der Waals surface area contributed by atoms with Crippen molar-refractivity contribution in [2.75, 3.05) is 11.1 Å². The van der Waals surface area contributed by atoms with Crippen molar-refractivity contribution < 1.29 is 4.92 Å². The lowest BCUT2D eigenvalue weighted by molar-refractivity contribution is -0.384. The number of anilines is 2. The number of rotatable bonds is 4. The highest BCUT2D eigenvalue weighted by Crippen LogP contribution is 2.21. The van der Waals surface area contributed by atoms with Crippen LogP contribution in [0.25, 0.3) is 0 Å². The van der Waals surface area contributed by atoms with E-state index in [1.807, 2.05) is 25.1 Å². The summed E-state index contributed by atoms with van der Waals surface area (Å²) in [7, 11) is 0. The van der Waals surface area contributed by atoms with Gasteiger partial charge in [-0.1, -0.05) is 6.07 Å². The number of nitrogen functional groups attached to an aromatic ring is 1. The van der Waals surface area contributed by atoms with E-state index in [9.17, 15) is 10.1 Å². The lowest BCUT2D eigenvalue weighted by atomic mass is 10.3. The van der Waals surface area contributed by atoms with Crippen molar-refractivity contribution in [3.05, 3.63) is 45.9 Å². The molecule has 0 fully saturated rings. The van der Waals surface area contributed by atoms with Crippen LogP contribution in [0.2, 0.25) is 0 Å². The number of nitrogens with zero attached hydrogens (tertiary/aromatic N) is 4. The van der Waals surface area contributed by atoms with E-state index in [4.69, 9.17) is 5.73 Å². The number of nitrogens with one attached hydrogen (secondary N) is 1. The smallest absolute Gasteiger partial charge is 0.329 e. The Hall–Kier alpha value is -2.77. The molecule has 0 aliphatic heterocycles. The van der Waals surface area contributed by atoms with Gasteiger partial charge in [0.05, 0.1) is 17.2 Å². The summed E-state index contributed by atoms with van der Waals surface area (Å²) >= 11 is 0. The van der Waals surface area contributed by atoms with E-state index in [2.05, 4.69) is 20.3 Å². The van der Waals surface area contributed by atoms with Gasteiger partial charge in [0.1, 0.15) is 6.20 Å². The van der Waals surface area contributed by atoms with Crippen molar-refractivity contribution in [3.63, 3.8) is 0 Å². The van der Waals surface area contributed by atoms with E-state index in [-0.39, 0.29) is 17.5 Å². The molecule has 2 aromatic rings. The van der Waals surface area contributed by atoms with Gasteiger partial charge in [0.2, 0.25) is 11.8 Å². The van der Waals surface area contributed by atoms with Crippen LogP contribution in [0.4, 0.5) is 17.5 Å². The standard InChI is InChI=1S/C11H12N6O2/c1-7-3-2-4-8(15-7)5-13-10-9(17(18)19)6-14-11(12)16-10/h2-4,6H,5H2,1H3,(H3,12,13,14,16). The Labute approximate surface area is 108 Å². The largest absolute Gasteiger partial charge is 0.368 e. The van der Waals surface area contributed by atoms with Crippen molar-refractivity contribution in [1.82, 2.24) is 15.0 Å². The Kier molecular flexibility index (Phi) is 3.51. The van der Waals surface area contributed by atoms with Crippen LogP contribution in [-0.4, -0.2) is 19.9 Å². The first kappa shape index (κ1) is 12.7. The van der Waals surface area contributed by atoms with Crippen LogP contribution in [0.5, 0.6) is 0 Å². The first-order valence-electron chi connectivity index (χ1n) is 5.49. The molecule has 19 heavy (non-hydrogen) atoms. The molecule has 2 heterocycles. The lowest BCUT2D eigenvalue weighted by Crippen LogP contribution is -2.08. The average Bonchev–Trinajstić information content (AvgIpc) is 2.36. The minimum absolute atomic E-state index is 0.0229. The zero-order chi connectivity index (χ0) is 13.8. The molecular formula is C11H12N6O2. The molecule has 0 bridgehead atoms. The lowest BCUT2D eigenvalue weighted by Gasteiger charge is -2.06. The monoisotopic (exact) mass is 260 g/mol. The van der Waals surface area contributed by atoms with Gasteiger partial charge in [-0.2, -0.15) is 4.98 Å². The molecule has 98 valence electrons. The molecular weight excluding hydrogens is 248 g/mol. The van der Waals surface area contributed by atoms with E-state index in [0.717, 1.165) is 17.6 Å². The summed E-state index contributed by atoms with van der Waals surface area (Å²) in [5.74, 6) is 0.0612. The second-order valence-corrected chi connectivity index (χ2v) is 3.84. The number of nitro groups is 1. The molecule has 0 aliphatic rings. The summed E-state index contributed by atoms with van der Waals surface area (Å²) in [5.41, 5.74) is 6.83. The van der Waals surface area contributed by atoms with Gasteiger partial charge in [-0.3, -0.25) is 15.1 Å². The Morgan fingerprint density at radius 1 is 1.42 bits per heavy atom. The zero-order valence-electron chi connectivity index (χ0n) is 10.2. The van der Waals surface area contributed by atoms with Gasteiger partial charge in [0.25, 0.3) is 0 Å². The Morgan fingerprint density at radius 3 is 2.89 bits per heavy atom. The zero-order valence-corrected chi connectivity index (χ0v) is 10.2. The predicted molar refractivity (Wildman–Crippen MR) is 69.4 cm³/mol. The van der Waals surface area contributed by atoms with E-state index in [1.54, 1.807) is 0 Å². The van der Waals surface area contributed by atoms with E-state index in [0.29, 0.717) is 6.54 Å². The second-order valence-electron chi connectivity index (χ2n) is 3.84. The second kappa shape index (κ2) is 5.25. The number of hydrogen-bond acceptors (Lipinski definition) is 7. The van der Waals surface area contributed by atoms with Gasteiger partial charge < -0.3 is 11.1 Å². The first-order valence-corrected chi connectivity index (χ1v) is 5.49. The third-order valence-electron chi connectivity index (χ3n) is 2.37. The third-order valence-corrected chi connectivity index (χ3v) is 2.37. The fourth-order valence-electron chi connectivity index (χ4n) is 1.53. The quantitative estimate of drug-likeness (QED) is 0.627. The number of aryl methyl sites for hydroxylation is 1. The van der Waals surface area contributed by atoms with E-state index in [1.165, 1.54) is 0 Å². The van der Waals surface area contributed by atoms with E-state index < -0.39 is 4.92 Å². The maximum Gasteiger partial charge on any atom is 0.329 e. The van der Waals surface area contributed by atoms with Crippen LogP contribution in [-0.2, 0) is 6.54 Å². The molecule has 0 saturated carbocycles. The summed E-state index contributed by atoms with van der Waals surface area (Å²) < 4.78 is 0. The fourth-order valence-corrected chi connectivity index (χ4v) is 1.53. The van der Waals surface area contributed by atoms with Gasteiger partial charge in [-0.15, -0.1) is 0 Å². The Bertz CT molecular complexity index is 616. The summed E-state index contributed by atoms with van der Waals surface area (Å²) in [5, 5.41) is 13.7. The maximum absolute atomic E-state index is 10.8. The molecule has 8 nitrogen and oxygen atoms in total. The van der Waals surface area contributed by atoms with Crippen molar-refractivity contribution in [2.45, 2.75) is 13.5 Å². The molecule has 0 radical (unpaired) electrons. The molecule has 0 aromatic carbocycles. The Morgan fingerprint density at radius 2 is 2.21 bits per heavy atom. The molecule has 8 heteroatoms. The van der Waals surface area contributed by atoms with Gasteiger partial charge >= 0.3 is 5.69 Å². The first-order chi connectivity index (χ1) is 9.06. The molecule has 0 aliphatic carbocycles. The van der Waals surface area contributed by atoms with Crippen molar-refractivity contribution in [1.29, 1.82) is 0 Å². The Balaban J connectivity index is 2.19. The number of nitrogens with two attached hydrogens (primary N) is 1. The SMILES string of the molecule is Cc1cccc(CNc2nc(N)ncc2[N+](=O)[O-])n1. The van der Waals surface area contributed by atoms with Gasteiger partial charge in [-0.05, 0) is 19.1 Å². The van der Waals surface area contributed by atoms with Crippen molar-refractivity contribution >= 4 is 17.5 Å². The number of aromatic nitrogens is 3. The summed E-state index contributed by atoms with van der Waals surface area (Å²) in [6.07, 6.45) is 1.08. The van der Waals surface area contributed by atoms with Gasteiger partial charge in [0.15, 0.2) is 0 Å². The highest BCUT2D eigenvalue weighted by atomic mass is 16.6.